The molecule has 0 aliphatic heterocycles. The molecule has 2 nitrogen and oxygen atoms in total. The minimum absolute atomic E-state index is 0.211. The highest BCUT2D eigenvalue weighted by atomic mass is 19.4. The van der Waals surface area contributed by atoms with E-state index in [4.69, 9.17) is 0 Å². The molecule has 0 spiro atoms. The summed E-state index contributed by atoms with van der Waals surface area (Å²) in [6.07, 6.45) is 7.55. The van der Waals surface area contributed by atoms with Crippen LogP contribution in [0.15, 0.2) is 36.0 Å². The van der Waals surface area contributed by atoms with E-state index in [1.54, 1.807) is 12.1 Å². The summed E-state index contributed by atoms with van der Waals surface area (Å²) in [5, 5.41) is 0. The Morgan fingerprint density at radius 1 is 1.08 bits per heavy atom. The van der Waals surface area contributed by atoms with Crippen molar-refractivity contribution in [3.8, 4) is 18.6 Å². The molecule has 1 aromatic carbocycles. The number of allylic oxidation sites excluding steroid dienone is 2. The van der Waals surface area contributed by atoms with Crippen molar-refractivity contribution in [2.75, 3.05) is 11.9 Å². The van der Waals surface area contributed by atoms with Crippen molar-refractivity contribution in [3.63, 3.8) is 0 Å². The molecular formula is C20H32F3NO. The fraction of sp³-hybridized carbons (Fsp3) is 0.500. The van der Waals surface area contributed by atoms with Gasteiger partial charge in [-0.3, -0.25) is 0 Å². The summed E-state index contributed by atoms with van der Waals surface area (Å²) in [6.45, 7) is 12.2. The summed E-state index contributed by atoms with van der Waals surface area (Å²) >= 11 is 0. The molecule has 144 valence electrons. The number of anilines is 1. The van der Waals surface area contributed by atoms with Gasteiger partial charge in [-0.2, -0.15) is 0 Å². The van der Waals surface area contributed by atoms with Crippen LogP contribution in [0, 0.1) is 12.8 Å². The second-order valence-corrected chi connectivity index (χ2v) is 4.56. The molecule has 25 heavy (non-hydrogen) atoms. The van der Waals surface area contributed by atoms with Gasteiger partial charge in [0.05, 0.1) is 0 Å². The minimum Gasteiger partial charge on any atom is -0.406 e. The van der Waals surface area contributed by atoms with Crippen LogP contribution in [-0.2, 0) is 0 Å². The second-order valence-electron chi connectivity index (χ2n) is 4.56. The quantitative estimate of drug-likeness (QED) is 0.535. The molecule has 0 fully saturated rings. The first-order valence-electron chi connectivity index (χ1n) is 8.34. The highest BCUT2D eigenvalue weighted by Gasteiger charge is 2.30. The van der Waals surface area contributed by atoms with E-state index in [2.05, 4.69) is 31.4 Å². The van der Waals surface area contributed by atoms with Crippen LogP contribution in [0.4, 0.5) is 18.9 Å². The second kappa shape index (κ2) is 16.8. The van der Waals surface area contributed by atoms with Crippen molar-refractivity contribution in [1.82, 2.24) is 0 Å². The monoisotopic (exact) mass is 359 g/mol. The molecule has 0 amide bonds. The lowest BCUT2D eigenvalue weighted by Gasteiger charge is -2.20. The van der Waals surface area contributed by atoms with E-state index in [1.165, 1.54) is 18.6 Å². The Labute approximate surface area is 151 Å². The van der Waals surface area contributed by atoms with Crippen LogP contribution >= 0.6 is 0 Å². The summed E-state index contributed by atoms with van der Waals surface area (Å²) in [4.78, 5) is 1.90. The largest absolute Gasteiger partial charge is 0.573 e. The van der Waals surface area contributed by atoms with Gasteiger partial charge in [-0.15, -0.1) is 26.0 Å². The first kappa shape index (κ1) is 27.7. The lowest BCUT2D eigenvalue weighted by Crippen LogP contribution is -2.17. The molecular weight excluding hydrogens is 327 g/mol. The maximum absolute atomic E-state index is 12.0. The normalized spacial score (nSPS) is 10.0. The summed E-state index contributed by atoms with van der Waals surface area (Å²) in [5.41, 5.74) is 1.86. The average Bonchev–Trinajstić information content (AvgIpc) is 2.58. The first-order chi connectivity index (χ1) is 11.7. The van der Waals surface area contributed by atoms with E-state index in [0.29, 0.717) is 0 Å². The number of nitrogens with zero attached hydrogens (tertiary/aromatic N) is 1. The highest BCUT2D eigenvalue weighted by molar-refractivity contribution is 5.52. The van der Waals surface area contributed by atoms with Crippen molar-refractivity contribution in [3.05, 3.63) is 36.0 Å². The van der Waals surface area contributed by atoms with Gasteiger partial charge in [0.15, 0.2) is 0 Å². The number of ether oxygens (including phenoxy) is 1. The number of benzene rings is 1. The zero-order valence-corrected chi connectivity index (χ0v) is 16.4. The third-order valence-electron chi connectivity index (χ3n) is 2.49. The predicted molar refractivity (Wildman–Crippen MR) is 103 cm³/mol. The maximum atomic E-state index is 12.0. The van der Waals surface area contributed by atoms with E-state index >= 15 is 0 Å². The number of alkyl halides is 3. The summed E-state index contributed by atoms with van der Waals surface area (Å²) in [5.74, 6) is -0.211. The third-order valence-corrected chi connectivity index (χ3v) is 2.49. The number of halogens is 3. The molecule has 0 unspecified atom stereocenters. The minimum atomic E-state index is -4.65. The molecule has 0 aliphatic carbocycles. The van der Waals surface area contributed by atoms with E-state index in [-0.39, 0.29) is 5.75 Å². The number of hydrogen-bond donors (Lipinski definition) is 0. The zero-order valence-electron chi connectivity index (χ0n) is 16.4. The van der Waals surface area contributed by atoms with Gasteiger partial charge in [0, 0.05) is 18.4 Å². The van der Waals surface area contributed by atoms with Gasteiger partial charge in [0.1, 0.15) is 5.75 Å². The number of rotatable bonds is 4. The van der Waals surface area contributed by atoms with Crippen molar-refractivity contribution in [2.45, 2.75) is 60.7 Å². The van der Waals surface area contributed by atoms with Crippen molar-refractivity contribution >= 4 is 5.69 Å². The third kappa shape index (κ3) is 15.2. The van der Waals surface area contributed by atoms with Crippen LogP contribution in [-0.4, -0.2) is 13.4 Å². The molecule has 0 radical (unpaired) electrons. The fourth-order valence-electron chi connectivity index (χ4n) is 1.51. The van der Waals surface area contributed by atoms with E-state index < -0.39 is 6.36 Å². The van der Waals surface area contributed by atoms with Crippen LogP contribution in [0.5, 0.6) is 5.75 Å². The lowest BCUT2D eigenvalue weighted by atomic mass is 10.2. The van der Waals surface area contributed by atoms with Crippen molar-refractivity contribution in [2.24, 2.45) is 0 Å². The molecule has 0 aliphatic rings. The van der Waals surface area contributed by atoms with Crippen LogP contribution in [0.25, 0.3) is 0 Å². The van der Waals surface area contributed by atoms with Gasteiger partial charge in [-0.25, -0.2) is 0 Å². The average molecular weight is 359 g/mol. The summed E-state index contributed by atoms with van der Waals surface area (Å²) < 4.78 is 39.8. The van der Waals surface area contributed by atoms with Crippen molar-refractivity contribution < 1.29 is 17.9 Å². The Kier molecular flexibility index (Phi) is 18.6. The van der Waals surface area contributed by atoms with Gasteiger partial charge in [-0.05, 0) is 37.6 Å². The Morgan fingerprint density at radius 3 is 1.80 bits per heavy atom. The van der Waals surface area contributed by atoms with Gasteiger partial charge in [0.25, 0.3) is 0 Å². The smallest absolute Gasteiger partial charge is 0.406 e. The van der Waals surface area contributed by atoms with Crippen molar-refractivity contribution in [1.29, 1.82) is 0 Å². The Balaban J connectivity index is -0.000000605. The zero-order chi connectivity index (χ0) is 20.5. The highest BCUT2D eigenvalue weighted by Crippen LogP contribution is 2.26. The van der Waals surface area contributed by atoms with Crippen LogP contribution in [0.3, 0.4) is 0 Å². The predicted octanol–water partition coefficient (Wildman–Crippen LogP) is 7.03. The number of hydrogen-bond acceptors (Lipinski definition) is 2. The van der Waals surface area contributed by atoms with Crippen LogP contribution in [0.2, 0.25) is 0 Å². The van der Waals surface area contributed by atoms with E-state index in [0.717, 1.165) is 17.8 Å². The number of terminal acetylenes is 1. The van der Waals surface area contributed by atoms with Crippen LogP contribution < -0.4 is 9.64 Å². The Bertz CT molecular complexity index is 462. The lowest BCUT2D eigenvalue weighted by molar-refractivity contribution is -0.274. The molecule has 0 atom stereocenters. The summed E-state index contributed by atoms with van der Waals surface area (Å²) in [7, 11) is 1.86. The molecule has 1 rings (SSSR count). The molecule has 0 N–H and O–H groups in total. The molecule has 0 bridgehead atoms. The topological polar surface area (TPSA) is 12.5 Å². The first-order valence-corrected chi connectivity index (χ1v) is 8.34. The van der Waals surface area contributed by atoms with Gasteiger partial charge < -0.3 is 9.64 Å². The SMILES string of the molecule is C#C.CC.CC/C=C(/C)N(C)c1ccc(OC(F)(F)F)cc1.CCC. The van der Waals surface area contributed by atoms with Gasteiger partial charge in [0.2, 0.25) is 0 Å². The maximum Gasteiger partial charge on any atom is 0.573 e. The fourth-order valence-corrected chi connectivity index (χ4v) is 1.51. The molecule has 0 saturated heterocycles. The molecule has 1 aromatic rings. The standard InChI is InChI=1S/C13H16F3NO.C3H8.C2H6.C2H2/c1-4-5-10(2)17(3)11-6-8-12(9-7-11)18-13(14,15)16;1-3-2;2*1-2/h5-9H,4H2,1-3H3;3H2,1-2H3;1-2H3;1-2H/b10-5-;;;. The molecule has 0 saturated carbocycles. The van der Waals surface area contributed by atoms with Crippen LogP contribution in [0.1, 0.15) is 54.4 Å². The Hall–Kier alpha value is -2.09. The van der Waals surface area contributed by atoms with E-state index in [1.807, 2.05) is 45.7 Å². The molecule has 0 heterocycles. The Morgan fingerprint density at radius 2 is 1.48 bits per heavy atom. The summed E-state index contributed by atoms with van der Waals surface area (Å²) in [6, 6.07) is 5.79. The van der Waals surface area contributed by atoms with E-state index in [9.17, 15) is 13.2 Å². The molecule has 0 aromatic heterocycles. The molecule has 5 heteroatoms. The van der Waals surface area contributed by atoms with Gasteiger partial charge >= 0.3 is 6.36 Å². The van der Waals surface area contributed by atoms with Gasteiger partial charge in [-0.1, -0.05) is 47.1 Å².